The Labute approximate surface area is 145 Å². The molecule has 0 fully saturated rings. The van der Waals surface area contributed by atoms with Crippen molar-refractivity contribution in [1.29, 1.82) is 0 Å². The molecule has 0 saturated heterocycles. The van der Waals surface area contributed by atoms with Crippen molar-refractivity contribution in [2.75, 3.05) is 6.54 Å². The number of hydrogen-bond donors (Lipinski definition) is 2. The minimum absolute atomic E-state index is 0.400. The smallest absolute Gasteiger partial charge is 0.226 e. The van der Waals surface area contributed by atoms with E-state index in [1.54, 1.807) is 13.2 Å². The molecule has 0 radical (unpaired) electrons. The maximum atomic E-state index is 5.52. The van der Waals surface area contributed by atoms with Gasteiger partial charge in [0.1, 0.15) is 12.0 Å². The number of aromatic nitrogens is 3. The second-order valence-corrected chi connectivity index (χ2v) is 5.29. The fraction of sp³-hybridized carbons (Fsp3) is 0.294. The van der Waals surface area contributed by atoms with Crippen molar-refractivity contribution in [3.05, 3.63) is 54.0 Å². The third kappa shape index (κ3) is 4.66. The average molecular weight is 340 g/mol. The summed E-state index contributed by atoms with van der Waals surface area (Å²) >= 11 is 0. The summed E-state index contributed by atoms with van der Waals surface area (Å²) in [6.45, 7) is 5.32. The standard InChI is InChI=1S/C17H20N6O2/c1-3-18-17(20-10-15-21-12(2)25-23-15)19-9-14-11-24-16(22-14)13-7-5-4-6-8-13/h4-8,11H,3,9-10H2,1-2H3,(H2,18,19,20). The van der Waals surface area contributed by atoms with Gasteiger partial charge in [0.2, 0.25) is 11.8 Å². The van der Waals surface area contributed by atoms with E-state index < -0.39 is 0 Å². The summed E-state index contributed by atoms with van der Waals surface area (Å²) in [5.41, 5.74) is 1.70. The van der Waals surface area contributed by atoms with Crippen molar-refractivity contribution in [2.45, 2.75) is 26.9 Å². The van der Waals surface area contributed by atoms with Crippen molar-refractivity contribution >= 4 is 5.96 Å². The molecule has 2 N–H and O–H groups in total. The van der Waals surface area contributed by atoms with Crippen molar-refractivity contribution in [3.8, 4) is 11.5 Å². The Morgan fingerprint density at radius 2 is 2.00 bits per heavy atom. The van der Waals surface area contributed by atoms with Crippen LogP contribution >= 0.6 is 0 Å². The normalized spacial score (nSPS) is 11.5. The zero-order valence-corrected chi connectivity index (χ0v) is 14.2. The molecule has 3 rings (SSSR count). The lowest BCUT2D eigenvalue weighted by Gasteiger charge is -2.08. The Kier molecular flexibility index (Phi) is 5.40. The van der Waals surface area contributed by atoms with Crippen LogP contribution in [0.3, 0.4) is 0 Å². The largest absolute Gasteiger partial charge is 0.444 e. The molecule has 0 bridgehead atoms. The molecular weight excluding hydrogens is 320 g/mol. The highest BCUT2D eigenvalue weighted by Crippen LogP contribution is 2.18. The lowest BCUT2D eigenvalue weighted by molar-refractivity contribution is 0.387. The van der Waals surface area contributed by atoms with E-state index in [0.29, 0.717) is 36.7 Å². The van der Waals surface area contributed by atoms with Crippen LogP contribution in [-0.4, -0.2) is 27.6 Å². The molecule has 0 atom stereocenters. The number of oxazole rings is 1. The average Bonchev–Trinajstić information content (AvgIpc) is 3.27. The van der Waals surface area contributed by atoms with E-state index in [4.69, 9.17) is 8.94 Å². The summed E-state index contributed by atoms with van der Waals surface area (Å²) in [6, 6.07) is 9.76. The van der Waals surface area contributed by atoms with E-state index in [0.717, 1.165) is 17.8 Å². The molecule has 8 heteroatoms. The first-order valence-electron chi connectivity index (χ1n) is 8.06. The zero-order chi connectivity index (χ0) is 17.5. The van der Waals surface area contributed by atoms with E-state index in [2.05, 4.69) is 30.8 Å². The van der Waals surface area contributed by atoms with Gasteiger partial charge in [-0.05, 0) is 19.1 Å². The van der Waals surface area contributed by atoms with Gasteiger partial charge in [0.05, 0.1) is 13.1 Å². The van der Waals surface area contributed by atoms with E-state index in [1.165, 1.54) is 0 Å². The van der Waals surface area contributed by atoms with Crippen LogP contribution in [0.15, 0.2) is 50.5 Å². The van der Waals surface area contributed by atoms with Gasteiger partial charge in [0.15, 0.2) is 11.8 Å². The van der Waals surface area contributed by atoms with E-state index in [9.17, 15) is 0 Å². The highest BCUT2D eigenvalue weighted by Gasteiger charge is 2.07. The SMILES string of the molecule is CCNC(=NCc1coc(-c2ccccc2)n1)NCc1noc(C)n1. The number of aliphatic imine (C=N–C) groups is 1. The predicted octanol–water partition coefficient (Wildman–Crippen LogP) is 2.29. The number of nitrogens with zero attached hydrogens (tertiary/aromatic N) is 4. The molecule has 130 valence electrons. The van der Waals surface area contributed by atoms with Gasteiger partial charge in [-0.1, -0.05) is 23.4 Å². The van der Waals surface area contributed by atoms with Crippen molar-refractivity contribution in [3.63, 3.8) is 0 Å². The molecule has 1 aromatic carbocycles. The molecule has 3 aromatic rings. The van der Waals surface area contributed by atoms with Crippen LogP contribution in [0, 0.1) is 6.92 Å². The van der Waals surface area contributed by atoms with E-state index in [-0.39, 0.29) is 0 Å². The fourth-order valence-electron chi connectivity index (χ4n) is 2.17. The first-order valence-corrected chi connectivity index (χ1v) is 8.06. The molecule has 0 aliphatic rings. The van der Waals surface area contributed by atoms with Gasteiger partial charge in [-0.15, -0.1) is 0 Å². The number of aryl methyl sites for hydroxylation is 1. The van der Waals surface area contributed by atoms with Crippen LogP contribution in [0.4, 0.5) is 0 Å². The van der Waals surface area contributed by atoms with Gasteiger partial charge in [0, 0.05) is 19.0 Å². The minimum Gasteiger partial charge on any atom is -0.444 e. The van der Waals surface area contributed by atoms with Gasteiger partial charge < -0.3 is 19.6 Å². The summed E-state index contributed by atoms with van der Waals surface area (Å²) in [5.74, 6) is 2.35. The third-order valence-corrected chi connectivity index (χ3v) is 3.30. The molecule has 0 saturated carbocycles. The molecule has 0 aliphatic carbocycles. The minimum atomic E-state index is 0.400. The summed E-state index contributed by atoms with van der Waals surface area (Å²) in [5, 5.41) is 10.2. The fourth-order valence-corrected chi connectivity index (χ4v) is 2.17. The maximum Gasteiger partial charge on any atom is 0.226 e. The topological polar surface area (TPSA) is 101 Å². The van der Waals surface area contributed by atoms with Gasteiger partial charge in [0.25, 0.3) is 0 Å². The quantitative estimate of drug-likeness (QED) is 0.524. The summed E-state index contributed by atoms with van der Waals surface area (Å²) in [4.78, 5) is 13.1. The Hall–Kier alpha value is -3.16. The molecule has 0 aliphatic heterocycles. The Morgan fingerprint density at radius 1 is 1.16 bits per heavy atom. The van der Waals surface area contributed by atoms with Gasteiger partial charge in [-0.25, -0.2) is 9.98 Å². The molecule has 2 aromatic heterocycles. The highest BCUT2D eigenvalue weighted by atomic mass is 16.5. The van der Waals surface area contributed by atoms with Crippen LogP contribution in [-0.2, 0) is 13.1 Å². The van der Waals surface area contributed by atoms with E-state index >= 15 is 0 Å². The van der Waals surface area contributed by atoms with Gasteiger partial charge in [-0.2, -0.15) is 4.98 Å². The Morgan fingerprint density at radius 3 is 2.72 bits per heavy atom. The van der Waals surface area contributed by atoms with Gasteiger partial charge >= 0.3 is 0 Å². The second-order valence-electron chi connectivity index (χ2n) is 5.29. The predicted molar refractivity (Wildman–Crippen MR) is 92.6 cm³/mol. The molecular formula is C17H20N6O2. The summed E-state index contributed by atoms with van der Waals surface area (Å²) < 4.78 is 10.5. The van der Waals surface area contributed by atoms with Crippen molar-refractivity contribution in [1.82, 2.24) is 25.8 Å². The number of benzene rings is 1. The Balaban J connectivity index is 1.62. The van der Waals surface area contributed by atoms with Crippen LogP contribution < -0.4 is 10.6 Å². The monoisotopic (exact) mass is 340 g/mol. The van der Waals surface area contributed by atoms with Crippen LogP contribution in [0.1, 0.15) is 24.3 Å². The number of guanidine groups is 1. The van der Waals surface area contributed by atoms with Crippen LogP contribution in [0.5, 0.6) is 0 Å². The van der Waals surface area contributed by atoms with E-state index in [1.807, 2.05) is 37.3 Å². The second kappa shape index (κ2) is 8.09. The van der Waals surface area contributed by atoms with Gasteiger partial charge in [-0.3, -0.25) is 0 Å². The molecule has 0 amide bonds. The number of nitrogens with one attached hydrogen (secondary N) is 2. The van der Waals surface area contributed by atoms with Crippen molar-refractivity contribution < 1.29 is 8.94 Å². The zero-order valence-electron chi connectivity index (χ0n) is 14.2. The molecule has 0 unspecified atom stereocenters. The molecule has 8 nitrogen and oxygen atoms in total. The number of hydrogen-bond acceptors (Lipinski definition) is 6. The lowest BCUT2D eigenvalue weighted by atomic mass is 10.2. The molecule has 2 heterocycles. The third-order valence-electron chi connectivity index (χ3n) is 3.30. The van der Waals surface area contributed by atoms with Crippen molar-refractivity contribution in [2.24, 2.45) is 4.99 Å². The Bertz CT molecular complexity index is 825. The first-order chi connectivity index (χ1) is 12.2. The van der Waals surface area contributed by atoms with Crippen LogP contribution in [0.25, 0.3) is 11.5 Å². The maximum absolute atomic E-state index is 5.52. The number of rotatable bonds is 6. The van der Waals surface area contributed by atoms with Crippen LogP contribution in [0.2, 0.25) is 0 Å². The molecule has 25 heavy (non-hydrogen) atoms. The first kappa shape index (κ1) is 16.7. The molecule has 0 spiro atoms. The highest BCUT2D eigenvalue weighted by molar-refractivity contribution is 5.79. The summed E-state index contributed by atoms with van der Waals surface area (Å²) in [7, 11) is 0. The lowest BCUT2D eigenvalue weighted by Crippen LogP contribution is -2.37. The summed E-state index contributed by atoms with van der Waals surface area (Å²) in [6.07, 6.45) is 1.62.